The van der Waals surface area contributed by atoms with E-state index in [4.69, 9.17) is 4.74 Å². The standard InChI is InChI=1S/C18H18N4O3S/c1-3-25-14-9-5-4-8-13(14)19-15(23)11-26-17-20-16-12(2)7-6-10-22(16)18(24)21-17/h4-10H,3,11H2,1-2H3,(H,19,23). The van der Waals surface area contributed by atoms with Gasteiger partial charge in [0.25, 0.3) is 0 Å². The van der Waals surface area contributed by atoms with Crippen LogP contribution >= 0.6 is 11.8 Å². The number of aromatic nitrogens is 3. The molecule has 7 nitrogen and oxygen atoms in total. The summed E-state index contributed by atoms with van der Waals surface area (Å²) in [6, 6.07) is 10.9. The molecule has 0 aliphatic rings. The Hall–Kier alpha value is -2.87. The van der Waals surface area contributed by atoms with E-state index in [0.29, 0.717) is 23.7 Å². The lowest BCUT2D eigenvalue weighted by Crippen LogP contribution is -2.20. The smallest absolute Gasteiger partial charge is 0.355 e. The molecule has 1 aromatic carbocycles. The maximum atomic E-state index is 12.2. The fourth-order valence-electron chi connectivity index (χ4n) is 2.39. The zero-order valence-electron chi connectivity index (χ0n) is 14.4. The molecule has 1 N–H and O–H groups in total. The molecule has 0 aliphatic carbocycles. The number of amides is 1. The van der Waals surface area contributed by atoms with Gasteiger partial charge in [-0.3, -0.25) is 9.20 Å². The molecule has 134 valence electrons. The minimum Gasteiger partial charge on any atom is -0.492 e. The molecule has 0 fully saturated rings. The number of pyridine rings is 1. The second-order valence-electron chi connectivity index (χ2n) is 5.44. The SMILES string of the molecule is CCOc1ccccc1NC(=O)CSc1nc(=O)n2cccc(C)c2n1. The number of rotatable bonds is 6. The molecule has 3 aromatic rings. The Kier molecular flexibility index (Phi) is 5.52. The minimum atomic E-state index is -0.414. The minimum absolute atomic E-state index is 0.0853. The Balaban J connectivity index is 1.71. The molecule has 0 atom stereocenters. The summed E-state index contributed by atoms with van der Waals surface area (Å²) in [5.41, 5.74) is 1.60. The largest absolute Gasteiger partial charge is 0.492 e. The van der Waals surface area contributed by atoms with Crippen molar-refractivity contribution in [2.45, 2.75) is 19.0 Å². The van der Waals surface area contributed by atoms with E-state index in [1.54, 1.807) is 24.4 Å². The predicted molar refractivity (Wildman–Crippen MR) is 101 cm³/mol. The number of anilines is 1. The highest BCUT2D eigenvalue weighted by molar-refractivity contribution is 7.99. The number of para-hydroxylation sites is 2. The van der Waals surface area contributed by atoms with Gasteiger partial charge < -0.3 is 10.1 Å². The van der Waals surface area contributed by atoms with Crippen LogP contribution < -0.4 is 15.7 Å². The molecule has 2 aromatic heterocycles. The number of benzene rings is 1. The quantitative estimate of drug-likeness (QED) is 0.671. The molecule has 0 bridgehead atoms. The van der Waals surface area contributed by atoms with Crippen molar-refractivity contribution in [2.75, 3.05) is 17.7 Å². The van der Waals surface area contributed by atoms with Gasteiger partial charge in [0.2, 0.25) is 5.91 Å². The zero-order chi connectivity index (χ0) is 18.5. The van der Waals surface area contributed by atoms with Crippen molar-refractivity contribution in [3.8, 4) is 5.75 Å². The lowest BCUT2D eigenvalue weighted by atomic mass is 10.3. The summed E-state index contributed by atoms with van der Waals surface area (Å²) < 4.78 is 6.87. The number of hydrogen-bond donors (Lipinski definition) is 1. The number of carbonyl (C=O) groups excluding carboxylic acids is 1. The van der Waals surface area contributed by atoms with E-state index in [1.807, 2.05) is 32.0 Å². The predicted octanol–water partition coefficient (Wildman–Crippen LogP) is 2.53. The molecule has 0 saturated carbocycles. The summed E-state index contributed by atoms with van der Waals surface area (Å²) in [5.74, 6) is 0.474. The van der Waals surface area contributed by atoms with Crippen molar-refractivity contribution in [3.05, 3.63) is 58.6 Å². The number of aryl methyl sites for hydroxylation is 1. The summed E-state index contributed by atoms with van der Waals surface area (Å²) in [6.07, 6.45) is 1.62. The lowest BCUT2D eigenvalue weighted by molar-refractivity contribution is -0.113. The van der Waals surface area contributed by atoms with Crippen molar-refractivity contribution in [1.29, 1.82) is 0 Å². The van der Waals surface area contributed by atoms with Crippen LogP contribution in [0.1, 0.15) is 12.5 Å². The van der Waals surface area contributed by atoms with Gasteiger partial charge in [0.1, 0.15) is 11.4 Å². The first kappa shape index (κ1) is 17.9. The maximum absolute atomic E-state index is 12.2. The summed E-state index contributed by atoms with van der Waals surface area (Å²) in [5, 5.41) is 3.08. The highest BCUT2D eigenvalue weighted by Gasteiger charge is 2.11. The Bertz CT molecular complexity index is 1000. The Morgan fingerprint density at radius 2 is 2.04 bits per heavy atom. The average molecular weight is 370 g/mol. The molecular weight excluding hydrogens is 352 g/mol. The van der Waals surface area contributed by atoms with Crippen molar-refractivity contribution >= 4 is 29.0 Å². The third kappa shape index (κ3) is 4.02. The third-order valence-corrected chi connectivity index (χ3v) is 4.40. The Morgan fingerprint density at radius 1 is 1.23 bits per heavy atom. The molecule has 2 heterocycles. The van der Waals surface area contributed by atoms with Crippen LogP contribution in [-0.2, 0) is 4.79 Å². The van der Waals surface area contributed by atoms with E-state index in [1.165, 1.54) is 4.40 Å². The van der Waals surface area contributed by atoms with E-state index in [2.05, 4.69) is 15.3 Å². The van der Waals surface area contributed by atoms with Crippen LogP contribution in [0.5, 0.6) is 5.75 Å². The number of nitrogens with zero attached hydrogens (tertiary/aromatic N) is 3. The third-order valence-electron chi connectivity index (χ3n) is 3.55. The second-order valence-corrected chi connectivity index (χ2v) is 6.38. The van der Waals surface area contributed by atoms with Gasteiger partial charge >= 0.3 is 5.69 Å². The Labute approximate surface area is 154 Å². The molecule has 0 aliphatic heterocycles. The van der Waals surface area contributed by atoms with Crippen LogP contribution in [0, 0.1) is 6.92 Å². The number of carbonyl (C=O) groups is 1. The molecular formula is C18H18N4O3S. The summed E-state index contributed by atoms with van der Waals surface area (Å²) in [7, 11) is 0. The Morgan fingerprint density at radius 3 is 2.85 bits per heavy atom. The lowest BCUT2D eigenvalue weighted by Gasteiger charge is -2.11. The van der Waals surface area contributed by atoms with E-state index in [0.717, 1.165) is 17.3 Å². The van der Waals surface area contributed by atoms with E-state index < -0.39 is 5.69 Å². The van der Waals surface area contributed by atoms with Crippen molar-refractivity contribution in [2.24, 2.45) is 0 Å². The van der Waals surface area contributed by atoms with E-state index in [9.17, 15) is 9.59 Å². The van der Waals surface area contributed by atoms with E-state index >= 15 is 0 Å². The van der Waals surface area contributed by atoms with Gasteiger partial charge in [-0.2, -0.15) is 4.98 Å². The first-order valence-corrected chi connectivity index (χ1v) is 9.07. The number of thioether (sulfide) groups is 1. The molecule has 3 rings (SSSR count). The van der Waals surface area contributed by atoms with Crippen LogP contribution in [0.3, 0.4) is 0 Å². The van der Waals surface area contributed by atoms with Gasteiger partial charge in [0, 0.05) is 6.20 Å². The van der Waals surface area contributed by atoms with Crippen LogP contribution in [-0.4, -0.2) is 32.6 Å². The van der Waals surface area contributed by atoms with Crippen LogP contribution in [0.2, 0.25) is 0 Å². The monoisotopic (exact) mass is 370 g/mol. The summed E-state index contributed by atoms with van der Waals surface area (Å²) in [4.78, 5) is 32.6. The summed E-state index contributed by atoms with van der Waals surface area (Å²) >= 11 is 1.12. The molecule has 0 unspecified atom stereocenters. The van der Waals surface area contributed by atoms with Crippen LogP contribution in [0.25, 0.3) is 5.65 Å². The van der Waals surface area contributed by atoms with Crippen molar-refractivity contribution in [1.82, 2.24) is 14.4 Å². The van der Waals surface area contributed by atoms with Crippen LogP contribution in [0.4, 0.5) is 5.69 Å². The average Bonchev–Trinajstić information content (AvgIpc) is 2.63. The normalized spacial score (nSPS) is 10.7. The van der Waals surface area contributed by atoms with Gasteiger partial charge in [-0.05, 0) is 37.6 Å². The van der Waals surface area contributed by atoms with Crippen molar-refractivity contribution < 1.29 is 9.53 Å². The van der Waals surface area contributed by atoms with Gasteiger partial charge in [0.05, 0.1) is 18.0 Å². The molecule has 1 amide bonds. The van der Waals surface area contributed by atoms with E-state index in [-0.39, 0.29) is 16.8 Å². The van der Waals surface area contributed by atoms with Gasteiger partial charge in [-0.1, -0.05) is 30.0 Å². The maximum Gasteiger partial charge on any atom is 0.355 e. The highest BCUT2D eigenvalue weighted by Crippen LogP contribution is 2.24. The van der Waals surface area contributed by atoms with Gasteiger partial charge in [0.15, 0.2) is 5.16 Å². The molecule has 8 heteroatoms. The fraction of sp³-hybridized carbons (Fsp3) is 0.222. The fourth-order valence-corrected chi connectivity index (χ4v) is 3.01. The summed E-state index contributed by atoms with van der Waals surface area (Å²) in [6.45, 7) is 4.26. The molecule has 26 heavy (non-hydrogen) atoms. The second kappa shape index (κ2) is 8.01. The van der Waals surface area contributed by atoms with Gasteiger partial charge in [-0.15, -0.1) is 0 Å². The van der Waals surface area contributed by atoms with Gasteiger partial charge in [-0.25, -0.2) is 9.78 Å². The van der Waals surface area contributed by atoms with Crippen molar-refractivity contribution in [3.63, 3.8) is 0 Å². The van der Waals surface area contributed by atoms with Crippen LogP contribution in [0.15, 0.2) is 52.5 Å². The topological polar surface area (TPSA) is 85.6 Å². The highest BCUT2D eigenvalue weighted by atomic mass is 32.2. The first-order chi connectivity index (χ1) is 12.6. The number of ether oxygens (including phenoxy) is 1. The molecule has 0 radical (unpaired) electrons. The molecule has 0 spiro atoms. The first-order valence-electron chi connectivity index (χ1n) is 8.09. The number of hydrogen-bond acceptors (Lipinski definition) is 6. The molecule has 0 saturated heterocycles. The number of nitrogens with one attached hydrogen (secondary N) is 1. The number of fused-ring (bicyclic) bond motifs is 1. The zero-order valence-corrected chi connectivity index (χ0v) is 15.2.